The molecule has 17 heavy (non-hydrogen) atoms. The monoisotopic (exact) mass is 361 g/mol. The number of benzene rings is 1. The number of hydrogen-bond donors (Lipinski definition) is 1. The van der Waals surface area contributed by atoms with Gasteiger partial charge in [-0.25, -0.2) is 0 Å². The van der Waals surface area contributed by atoms with Gasteiger partial charge in [-0.05, 0) is 30.5 Å². The Hall–Kier alpha value is -0.350. The van der Waals surface area contributed by atoms with Crippen LogP contribution >= 0.6 is 31.9 Å². The third kappa shape index (κ3) is 4.43. The number of alkyl halides is 1. The van der Waals surface area contributed by atoms with Crippen molar-refractivity contribution in [2.75, 3.05) is 6.54 Å². The molecule has 2 nitrogen and oxygen atoms in total. The van der Waals surface area contributed by atoms with E-state index >= 15 is 0 Å². The minimum atomic E-state index is -0.0317. The van der Waals surface area contributed by atoms with Crippen molar-refractivity contribution in [2.24, 2.45) is 5.92 Å². The van der Waals surface area contributed by atoms with E-state index in [1.807, 2.05) is 25.1 Å². The molecule has 0 bridgehead atoms. The number of aryl methyl sites for hydroxylation is 1. The van der Waals surface area contributed by atoms with Crippen molar-refractivity contribution in [3.8, 4) is 0 Å². The van der Waals surface area contributed by atoms with Crippen LogP contribution in [-0.2, 0) is 0 Å². The van der Waals surface area contributed by atoms with Gasteiger partial charge in [-0.1, -0.05) is 51.8 Å². The van der Waals surface area contributed by atoms with E-state index in [9.17, 15) is 4.79 Å². The van der Waals surface area contributed by atoms with Gasteiger partial charge in [0.2, 0.25) is 0 Å². The molecule has 0 heterocycles. The summed E-state index contributed by atoms with van der Waals surface area (Å²) >= 11 is 6.97. The van der Waals surface area contributed by atoms with Crippen molar-refractivity contribution >= 4 is 37.8 Å². The van der Waals surface area contributed by atoms with Crippen LogP contribution in [0.25, 0.3) is 0 Å². The molecule has 0 aromatic heterocycles. The number of carbonyl (C=O) groups excluding carboxylic acids is 1. The molecule has 0 radical (unpaired) electrons. The van der Waals surface area contributed by atoms with E-state index in [1.54, 1.807) is 0 Å². The maximum Gasteiger partial charge on any atom is 0.251 e. The summed E-state index contributed by atoms with van der Waals surface area (Å²) in [5.41, 5.74) is 1.81. The maximum atomic E-state index is 11.9. The maximum absolute atomic E-state index is 11.9. The van der Waals surface area contributed by atoms with Crippen molar-refractivity contribution < 1.29 is 4.79 Å². The highest BCUT2D eigenvalue weighted by atomic mass is 79.9. The zero-order valence-corrected chi connectivity index (χ0v) is 13.4. The SMILES string of the molecule is Cc1ccc(C(=O)NCC(Br)C(C)C)cc1Br. The van der Waals surface area contributed by atoms with Crippen LogP contribution in [0.1, 0.15) is 29.8 Å². The average molecular weight is 363 g/mol. The van der Waals surface area contributed by atoms with Gasteiger partial charge >= 0.3 is 0 Å². The molecule has 1 atom stereocenters. The zero-order valence-electron chi connectivity index (χ0n) is 10.3. The Morgan fingerprint density at radius 3 is 2.59 bits per heavy atom. The van der Waals surface area contributed by atoms with Crippen LogP contribution in [0.15, 0.2) is 22.7 Å². The van der Waals surface area contributed by atoms with Gasteiger partial charge in [0.05, 0.1) is 0 Å². The first kappa shape index (κ1) is 14.7. The van der Waals surface area contributed by atoms with Crippen LogP contribution in [0.2, 0.25) is 0 Å². The first-order valence-electron chi connectivity index (χ1n) is 5.60. The Bertz CT molecular complexity index is 404. The van der Waals surface area contributed by atoms with Gasteiger partial charge in [0.25, 0.3) is 5.91 Å². The highest BCUT2D eigenvalue weighted by molar-refractivity contribution is 9.10. The van der Waals surface area contributed by atoms with Gasteiger partial charge in [0.1, 0.15) is 0 Å². The fourth-order valence-electron chi connectivity index (χ4n) is 1.26. The van der Waals surface area contributed by atoms with Crippen molar-refractivity contribution in [1.29, 1.82) is 0 Å². The summed E-state index contributed by atoms with van der Waals surface area (Å²) < 4.78 is 0.962. The molecule has 1 aromatic carbocycles. The summed E-state index contributed by atoms with van der Waals surface area (Å²) in [7, 11) is 0. The third-order valence-electron chi connectivity index (χ3n) is 2.62. The van der Waals surface area contributed by atoms with Crippen LogP contribution in [0.4, 0.5) is 0 Å². The molecule has 0 aliphatic rings. The normalized spacial score (nSPS) is 12.6. The predicted molar refractivity (Wildman–Crippen MR) is 78.8 cm³/mol. The summed E-state index contributed by atoms with van der Waals surface area (Å²) in [4.78, 5) is 12.2. The van der Waals surface area contributed by atoms with E-state index in [4.69, 9.17) is 0 Å². The molecule has 0 saturated carbocycles. The Labute approximate surface area is 119 Å². The molecule has 0 aliphatic carbocycles. The Balaban J connectivity index is 2.61. The number of carbonyl (C=O) groups is 1. The Morgan fingerprint density at radius 2 is 2.06 bits per heavy atom. The van der Waals surface area contributed by atoms with Gasteiger partial charge in [-0.2, -0.15) is 0 Å². The van der Waals surface area contributed by atoms with Crippen molar-refractivity contribution in [2.45, 2.75) is 25.6 Å². The minimum Gasteiger partial charge on any atom is -0.351 e. The molecule has 1 unspecified atom stereocenters. The smallest absolute Gasteiger partial charge is 0.251 e. The van der Waals surface area contributed by atoms with Gasteiger partial charge < -0.3 is 5.32 Å². The molecule has 1 aromatic rings. The predicted octanol–water partition coefficient (Wildman–Crippen LogP) is 3.91. The Morgan fingerprint density at radius 1 is 1.41 bits per heavy atom. The molecule has 1 rings (SSSR count). The fraction of sp³-hybridized carbons (Fsp3) is 0.462. The van der Waals surface area contributed by atoms with E-state index < -0.39 is 0 Å². The fourth-order valence-corrected chi connectivity index (χ4v) is 1.80. The molecule has 0 spiro atoms. The lowest BCUT2D eigenvalue weighted by Gasteiger charge is -2.14. The van der Waals surface area contributed by atoms with E-state index in [0.717, 1.165) is 10.0 Å². The number of halogens is 2. The summed E-state index contributed by atoms with van der Waals surface area (Å²) in [6, 6.07) is 5.63. The molecule has 0 aliphatic heterocycles. The summed E-state index contributed by atoms with van der Waals surface area (Å²) in [5.74, 6) is 0.468. The molecule has 0 fully saturated rings. The largest absolute Gasteiger partial charge is 0.351 e. The standard InChI is InChI=1S/C13H17Br2NO/c1-8(2)12(15)7-16-13(17)10-5-4-9(3)11(14)6-10/h4-6,8,12H,7H2,1-3H3,(H,16,17). The molecular formula is C13H17Br2NO. The van der Waals surface area contributed by atoms with Crippen LogP contribution in [0.5, 0.6) is 0 Å². The van der Waals surface area contributed by atoms with Crippen LogP contribution in [0, 0.1) is 12.8 Å². The second-order valence-electron chi connectivity index (χ2n) is 4.43. The molecule has 1 N–H and O–H groups in total. The number of nitrogens with one attached hydrogen (secondary N) is 1. The highest BCUT2D eigenvalue weighted by Gasteiger charge is 2.12. The second-order valence-corrected chi connectivity index (χ2v) is 6.46. The van der Waals surface area contributed by atoms with Crippen molar-refractivity contribution in [1.82, 2.24) is 5.32 Å². The summed E-state index contributed by atoms with van der Waals surface area (Å²) in [6.45, 7) is 6.88. The van der Waals surface area contributed by atoms with Gasteiger partial charge in [-0.15, -0.1) is 0 Å². The second kappa shape index (κ2) is 6.55. The van der Waals surface area contributed by atoms with Crippen LogP contribution in [0.3, 0.4) is 0 Å². The summed E-state index contributed by atoms with van der Waals surface area (Å²) in [6.07, 6.45) is 0. The third-order valence-corrected chi connectivity index (χ3v) is 4.85. The van der Waals surface area contributed by atoms with E-state index in [2.05, 4.69) is 51.0 Å². The first-order chi connectivity index (χ1) is 7.91. The zero-order chi connectivity index (χ0) is 13.0. The van der Waals surface area contributed by atoms with Gasteiger partial charge in [0.15, 0.2) is 0 Å². The summed E-state index contributed by atoms with van der Waals surface area (Å²) in [5, 5.41) is 2.92. The van der Waals surface area contributed by atoms with E-state index in [-0.39, 0.29) is 5.91 Å². The lowest BCUT2D eigenvalue weighted by atomic mass is 10.1. The number of hydrogen-bond acceptors (Lipinski definition) is 1. The quantitative estimate of drug-likeness (QED) is 0.808. The topological polar surface area (TPSA) is 29.1 Å². The van der Waals surface area contributed by atoms with Gasteiger partial charge in [0, 0.05) is 21.4 Å². The number of amides is 1. The lowest BCUT2D eigenvalue weighted by Crippen LogP contribution is -2.31. The molecule has 0 saturated heterocycles. The van der Waals surface area contributed by atoms with Crippen LogP contribution < -0.4 is 5.32 Å². The van der Waals surface area contributed by atoms with Crippen molar-refractivity contribution in [3.05, 3.63) is 33.8 Å². The average Bonchev–Trinajstić information content (AvgIpc) is 2.28. The van der Waals surface area contributed by atoms with Crippen LogP contribution in [-0.4, -0.2) is 17.3 Å². The van der Waals surface area contributed by atoms with Crippen molar-refractivity contribution in [3.63, 3.8) is 0 Å². The number of rotatable bonds is 4. The van der Waals surface area contributed by atoms with Gasteiger partial charge in [-0.3, -0.25) is 4.79 Å². The first-order valence-corrected chi connectivity index (χ1v) is 7.31. The molecular weight excluding hydrogens is 346 g/mol. The van der Waals surface area contributed by atoms with E-state index in [1.165, 1.54) is 0 Å². The van der Waals surface area contributed by atoms with E-state index in [0.29, 0.717) is 22.9 Å². The molecule has 4 heteroatoms. The minimum absolute atomic E-state index is 0.0317. The lowest BCUT2D eigenvalue weighted by molar-refractivity contribution is 0.0953. The molecule has 94 valence electrons. The highest BCUT2D eigenvalue weighted by Crippen LogP contribution is 2.17. The molecule has 1 amide bonds. The Kier molecular flexibility index (Phi) is 5.67.